The van der Waals surface area contributed by atoms with Crippen LogP contribution in [0.2, 0.25) is 0 Å². The molecule has 6 nitrogen and oxygen atoms in total. The molecule has 37 heavy (non-hydrogen) atoms. The normalized spacial score (nSPS) is 12.7. The summed E-state index contributed by atoms with van der Waals surface area (Å²) >= 11 is 1.35. The van der Waals surface area contributed by atoms with Crippen LogP contribution in [0.3, 0.4) is 0 Å². The Morgan fingerprint density at radius 3 is 2.65 bits per heavy atom. The molecule has 194 valence electrons. The maximum atomic E-state index is 14.5. The number of halogens is 2. The average Bonchev–Trinajstić information content (AvgIpc) is 3.28. The van der Waals surface area contributed by atoms with Crippen molar-refractivity contribution in [3.8, 4) is 11.3 Å². The van der Waals surface area contributed by atoms with Gasteiger partial charge in [-0.25, -0.2) is 18.6 Å². The molecule has 1 aliphatic carbocycles. The van der Waals surface area contributed by atoms with Crippen molar-refractivity contribution < 1.29 is 28.2 Å². The summed E-state index contributed by atoms with van der Waals surface area (Å²) in [7, 11) is 0. The molecule has 0 bridgehead atoms. The maximum Gasteiger partial charge on any atom is 0.331 e. The molecule has 4 rings (SSSR count). The van der Waals surface area contributed by atoms with Crippen LogP contribution in [0, 0.1) is 11.6 Å². The van der Waals surface area contributed by atoms with Crippen LogP contribution in [0.4, 0.5) is 13.9 Å². The van der Waals surface area contributed by atoms with Gasteiger partial charge in [-0.1, -0.05) is 25.1 Å². The van der Waals surface area contributed by atoms with Gasteiger partial charge in [0.15, 0.2) is 5.13 Å². The van der Waals surface area contributed by atoms with Crippen LogP contribution in [0.15, 0.2) is 35.9 Å². The van der Waals surface area contributed by atoms with Gasteiger partial charge in [-0.05, 0) is 68.4 Å². The molecule has 0 radical (unpaired) electrons. The molecule has 0 saturated carbocycles. The third-order valence-corrected chi connectivity index (χ3v) is 7.20. The number of thiazole rings is 1. The van der Waals surface area contributed by atoms with E-state index in [1.165, 1.54) is 29.4 Å². The summed E-state index contributed by atoms with van der Waals surface area (Å²) in [6.45, 7) is 4.82. The number of nitrogens with one attached hydrogen (secondary N) is 1. The minimum absolute atomic E-state index is 0.221. The fourth-order valence-electron chi connectivity index (χ4n) is 4.32. The van der Waals surface area contributed by atoms with Crippen LogP contribution < -0.4 is 5.32 Å². The van der Waals surface area contributed by atoms with E-state index in [0.29, 0.717) is 5.13 Å². The summed E-state index contributed by atoms with van der Waals surface area (Å²) in [6.07, 6.45) is 5.44. The summed E-state index contributed by atoms with van der Waals surface area (Å²) in [5, 5.41) is 12.0. The maximum absolute atomic E-state index is 14.5. The molecule has 3 aromatic rings. The smallest absolute Gasteiger partial charge is 0.331 e. The molecular formula is C28H28F2N2O4S. The number of carboxylic acid groups (broad SMARTS) is 1. The number of nitrogens with zero attached hydrogens (tertiary/aromatic N) is 1. The average molecular weight is 527 g/mol. The van der Waals surface area contributed by atoms with Gasteiger partial charge >= 0.3 is 5.97 Å². The summed E-state index contributed by atoms with van der Waals surface area (Å²) < 4.78 is 34.6. The van der Waals surface area contributed by atoms with Gasteiger partial charge < -0.3 is 9.84 Å². The first-order valence-corrected chi connectivity index (χ1v) is 13.0. The Morgan fingerprint density at radius 1 is 1.19 bits per heavy atom. The molecule has 0 unspecified atom stereocenters. The first-order chi connectivity index (χ1) is 17.8. The molecule has 0 saturated heterocycles. The van der Waals surface area contributed by atoms with Crippen molar-refractivity contribution in [1.29, 1.82) is 0 Å². The Morgan fingerprint density at radius 2 is 1.95 bits per heavy atom. The van der Waals surface area contributed by atoms with Crippen LogP contribution in [0.25, 0.3) is 17.3 Å². The number of ether oxygens (including phenoxy) is 1. The zero-order valence-corrected chi connectivity index (χ0v) is 21.5. The number of anilines is 1. The van der Waals surface area contributed by atoms with E-state index in [4.69, 9.17) is 9.84 Å². The highest BCUT2D eigenvalue weighted by atomic mass is 32.1. The number of benzene rings is 2. The highest BCUT2D eigenvalue weighted by Crippen LogP contribution is 2.39. The molecule has 1 amide bonds. The zero-order valence-electron chi connectivity index (χ0n) is 20.7. The Kier molecular flexibility index (Phi) is 8.45. The van der Waals surface area contributed by atoms with Crippen molar-refractivity contribution in [1.82, 2.24) is 4.98 Å². The minimum atomic E-state index is -1.29. The lowest BCUT2D eigenvalue weighted by Crippen LogP contribution is -2.13. The van der Waals surface area contributed by atoms with Crippen molar-refractivity contribution in [2.75, 3.05) is 18.5 Å². The third-order valence-electron chi connectivity index (χ3n) is 6.17. The number of hydrogen-bond donors (Lipinski definition) is 2. The Hall–Kier alpha value is -3.43. The lowest BCUT2D eigenvalue weighted by molar-refractivity contribution is -0.132. The van der Waals surface area contributed by atoms with Crippen molar-refractivity contribution in [3.63, 3.8) is 0 Å². The van der Waals surface area contributed by atoms with E-state index in [0.717, 1.165) is 79.7 Å². The molecule has 0 atom stereocenters. The Bertz CT molecular complexity index is 1340. The molecule has 1 heterocycles. The van der Waals surface area contributed by atoms with Crippen molar-refractivity contribution in [3.05, 3.63) is 74.7 Å². The Balaban J connectivity index is 1.51. The molecule has 0 aliphatic heterocycles. The lowest BCUT2D eigenvalue weighted by atomic mass is 9.88. The first-order valence-electron chi connectivity index (χ1n) is 12.2. The van der Waals surface area contributed by atoms with Crippen molar-refractivity contribution in [2.24, 2.45) is 0 Å². The number of aliphatic carboxylic acids is 1. The number of fused-ring (bicyclic) bond motifs is 3. The quantitative estimate of drug-likeness (QED) is 0.240. The van der Waals surface area contributed by atoms with Gasteiger partial charge in [-0.15, -0.1) is 11.3 Å². The largest absolute Gasteiger partial charge is 0.478 e. The molecule has 1 aliphatic rings. The van der Waals surface area contributed by atoms with Gasteiger partial charge in [-0.3, -0.25) is 10.1 Å². The van der Waals surface area contributed by atoms with Crippen LogP contribution in [0.1, 0.15) is 58.6 Å². The number of aryl methyl sites for hydroxylation is 2. The Labute approximate surface area is 218 Å². The fourth-order valence-corrected chi connectivity index (χ4v) is 5.29. The summed E-state index contributed by atoms with van der Waals surface area (Å²) in [6, 6.07) is 7.96. The van der Waals surface area contributed by atoms with Gasteiger partial charge in [-0.2, -0.15) is 0 Å². The highest BCUT2D eigenvalue weighted by Gasteiger charge is 2.24. The number of carboxylic acids is 1. The van der Waals surface area contributed by atoms with E-state index in [2.05, 4.69) is 23.3 Å². The van der Waals surface area contributed by atoms with Gasteiger partial charge in [0.25, 0.3) is 5.91 Å². The van der Waals surface area contributed by atoms with Gasteiger partial charge in [0, 0.05) is 40.4 Å². The predicted octanol–water partition coefficient (Wildman–Crippen LogP) is 6.29. The monoisotopic (exact) mass is 526 g/mol. The van der Waals surface area contributed by atoms with Crippen LogP contribution in [-0.4, -0.2) is 35.2 Å². The molecule has 2 aromatic carbocycles. The van der Waals surface area contributed by atoms with E-state index in [9.17, 15) is 18.4 Å². The second-order valence-corrected chi connectivity index (χ2v) is 9.97. The standard InChI is InChI=1S/C28H28F2N2O4S/c1-3-11-36-12-5-7-17-6-4-8-20-19(17)9-10-24-25(20)31-28(37-24)32-26(33)18-14-22(29)21(23(30)15-18)13-16(2)27(34)35/h4,6,8,13-15H,3,5,7,9-12H2,1-2H3,(H,34,35)(H,31,32,33). The van der Waals surface area contributed by atoms with Gasteiger partial charge in [0.05, 0.1) is 5.69 Å². The third kappa shape index (κ3) is 6.11. The van der Waals surface area contributed by atoms with Crippen molar-refractivity contribution in [2.45, 2.75) is 46.0 Å². The van der Waals surface area contributed by atoms with E-state index in [-0.39, 0.29) is 11.1 Å². The fraction of sp³-hybridized carbons (Fsp3) is 0.321. The topological polar surface area (TPSA) is 88.5 Å². The number of aromatic nitrogens is 1. The van der Waals surface area contributed by atoms with Crippen LogP contribution in [0.5, 0.6) is 0 Å². The van der Waals surface area contributed by atoms with Crippen LogP contribution >= 0.6 is 11.3 Å². The number of carbonyl (C=O) groups excluding carboxylic acids is 1. The summed E-state index contributed by atoms with van der Waals surface area (Å²) in [4.78, 5) is 29.4. The molecule has 0 fully saturated rings. The second kappa shape index (κ2) is 11.7. The zero-order chi connectivity index (χ0) is 26.5. The number of hydrogen-bond acceptors (Lipinski definition) is 5. The number of rotatable bonds is 10. The van der Waals surface area contributed by atoms with E-state index in [1.54, 1.807) is 0 Å². The molecule has 1 aromatic heterocycles. The van der Waals surface area contributed by atoms with E-state index in [1.807, 2.05) is 12.1 Å². The lowest BCUT2D eigenvalue weighted by Gasteiger charge is -2.18. The summed E-state index contributed by atoms with van der Waals surface area (Å²) in [5.41, 5.74) is 3.46. The second-order valence-electron chi connectivity index (χ2n) is 8.89. The molecule has 2 N–H and O–H groups in total. The SMILES string of the molecule is CCCOCCCc1cccc2c1CCc1sc(NC(=O)c3cc(F)c(C=C(C)C(=O)O)c(F)c3)nc1-2. The number of carbonyl (C=O) groups is 2. The van der Waals surface area contributed by atoms with Gasteiger partial charge in [0.2, 0.25) is 0 Å². The molecule has 9 heteroatoms. The van der Waals surface area contributed by atoms with Crippen LogP contribution in [-0.2, 0) is 28.8 Å². The summed E-state index contributed by atoms with van der Waals surface area (Å²) in [5.74, 6) is -4.03. The van der Waals surface area contributed by atoms with Crippen molar-refractivity contribution >= 4 is 34.4 Å². The number of amides is 1. The van der Waals surface area contributed by atoms with E-state index >= 15 is 0 Å². The molecule has 0 spiro atoms. The van der Waals surface area contributed by atoms with Gasteiger partial charge in [0.1, 0.15) is 11.6 Å². The van der Waals surface area contributed by atoms with E-state index < -0.39 is 29.1 Å². The molecular weight excluding hydrogens is 498 g/mol. The minimum Gasteiger partial charge on any atom is -0.478 e. The predicted molar refractivity (Wildman–Crippen MR) is 140 cm³/mol. The first kappa shape index (κ1) is 26.6. The highest BCUT2D eigenvalue weighted by molar-refractivity contribution is 7.16.